The van der Waals surface area contributed by atoms with E-state index >= 15 is 0 Å². The van der Waals surface area contributed by atoms with E-state index in [9.17, 15) is 4.79 Å². The molecule has 1 aliphatic heterocycles. The van der Waals surface area contributed by atoms with Crippen molar-refractivity contribution in [2.45, 2.75) is 18.9 Å². The molecule has 122 valence electrons. The van der Waals surface area contributed by atoms with Gasteiger partial charge in [-0.2, -0.15) is 0 Å². The van der Waals surface area contributed by atoms with Crippen molar-refractivity contribution in [3.63, 3.8) is 0 Å². The van der Waals surface area contributed by atoms with Crippen molar-refractivity contribution in [2.75, 3.05) is 7.11 Å². The molecule has 0 unspecified atom stereocenters. The first-order chi connectivity index (χ1) is 11.6. The van der Waals surface area contributed by atoms with Crippen molar-refractivity contribution in [1.82, 2.24) is 0 Å². The van der Waals surface area contributed by atoms with Crippen LogP contribution in [0.3, 0.4) is 0 Å². The van der Waals surface area contributed by atoms with E-state index in [1.807, 2.05) is 66.7 Å². The van der Waals surface area contributed by atoms with Crippen molar-refractivity contribution < 1.29 is 14.3 Å². The number of nitrogens with zero attached hydrogens (tertiary/aromatic N) is 1. The van der Waals surface area contributed by atoms with Crippen LogP contribution in [0.4, 0.5) is 0 Å². The fourth-order valence-corrected chi connectivity index (χ4v) is 2.78. The van der Waals surface area contributed by atoms with E-state index in [1.54, 1.807) is 14.0 Å². The lowest BCUT2D eigenvalue weighted by Gasteiger charge is -2.20. The van der Waals surface area contributed by atoms with E-state index in [0.717, 1.165) is 16.9 Å². The number of carbonyl (C=O) groups excluding carboxylic acids is 1. The van der Waals surface area contributed by atoms with Crippen molar-refractivity contribution in [2.24, 2.45) is 4.99 Å². The molecule has 1 aliphatic rings. The van der Waals surface area contributed by atoms with Gasteiger partial charge in [0.05, 0.1) is 7.11 Å². The average molecular weight is 321 g/mol. The summed E-state index contributed by atoms with van der Waals surface area (Å²) in [7, 11) is 1.64. The van der Waals surface area contributed by atoms with Crippen LogP contribution in [0.5, 0.6) is 5.75 Å². The van der Waals surface area contributed by atoms with E-state index < -0.39 is 5.54 Å². The first-order valence-electron chi connectivity index (χ1n) is 7.79. The Morgan fingerprint density at radius 2 is 1.83 bits per heavy atom. The average Bonchev–Trinajstić information content (AvgIpc) is 2.91. The van der Waals surface area contributed by atoms with Gasteiger partial charge in [0.2, 0.25) is 0 Å². The number of hydrogen-bond donors (Lipinski definition) is 0. The van der Waals surface area contributed by atoms with E-state index in [4.69, 9.17) is 9.47 Å². The maximum atomic E-state index is 12.4. The molecule has 0 N–H and O–H groups in total. The van der Waals surface area contributed by atoms with Gasteiger partial charge < -0.3 is 9.47 Å². The van der Waals surface area contributed by atoms with Crippen molar-refractivity contribution >= 4 is 17.9 Å². The van der Waals surface area contributed by atoms with Crippen LogP contribution < -0.4 is 4.74 Å². The highest BCUT2D eigenvalue weighted by Gasteiger charge is 2.45. The third-order valence-electron chi connectivity index (χ3n) is 4.02. The van der Waals surface area contributed by atoms with Gasteiger partial charge in [-0.1, -0.05) is 54.6 Å². The molecule has 0 bridgehead atoms. The summed E-state index contributed by atoms with van der Waals surface area (Å²) >= 11 is 0. The molecule has 0 spiro atoms. The normalized spacial score (nSPS) is 20.1. The van der Waals surface area contributed by atoms with Crippen LogP contribution in [0.1, 0.15) is 24.5 Å². The summed E-state index contributed by atoms with van der Waals surface area (Å²) in [5.74, 6) is 0.889. The summed E-state index contributed by atoms with van der Waals surface area (Å²) in [5, 5.41) is 0. The monoisotopic (exact) mass is 321 g/mol. The third-order valence-corrected chi connectivity index (χ3v) is 4.02. The van der Waals surface area contributed by atoms with Crippen LogP contribution in [0.25, 0.3) is 6.08 Å². The number of esters is 1. The van der Waals surface area contributed by atoms with E-state index in [0.29, 0.717) is 12.3 Å². The van der Waals surface area contributed by atoms with E-state index in [2.05, 4.69) is 4.99 Å². The fourth-order valence-electron chi connectivity index (χ4n) is 2.78. The van der Waals surface area contributed by atoms with E-state index in [-0.39, 0.29) is 5.97 Å². The van der Waals surface area contributed by atoms with Gasteiger partial charge in [-0.3, -0.25) is 0 Å². The molecule has 2 aromatic rings. The maximum Gasteiger partial charge on any atom is 0.345 e. The topological polar surface area (TPSA) is 47.9 Å². The maximum absolute atomic E-state index is 12.4. The Bertz CT molecular complexity index is 778. The Morgan fingerprint density at radius 3 is 2.42 bits per heavy atom. The zero-order valence-electron chi connectivity index (χ0n) is 13.7. The Morgan fingerprint density at radius 1 is 1.12 bits per heavy atom. The minimum Gasteiger partial charge on any atom is -0.497 e. The molecule has 2 aromatic carbocycles. The molecule has 3 rings (SSSR count). The Hall–Kier alpha value is -2.88. The van der Waals surface area contributed by atoms with Gasteiger partial charge in [0.25, 0.3) is 0 Å². The molecule has 0 saturated heterocycles. The predicted molar refractivity (Wildman–Crippen MR) is 94.0 cm³/mol. The van der Waals surface area contributed by atoms with Gasteiger partial charge >= 0.3 is 5.97 Å². The number of methoxy groups -OCH3 is 1. The number of ether oxygens (including phenoxy) is 2. The van der Waals surface area contributed by atoms with E-state index in [1.165, 1.54) is 0 Å². The highest BCUT2D eigenvalue weighted by molar-refractivity contribution is 5.99. The molecule has 0 radical (unpaired) electrons. The molecule has 4 nitrogen and oxygen atoms in total. The van der Waals surface area contributed by atoms with Gasteiger partial charge in [0.15, 0.2) is 11.4 Å². The van der Waals surface area contributed by atoms with Crippen LogP contribution >= 0.6 is 0 Å². The molecule has 0 fully saturated rings. The molecular formula is C20H19NO3. The van der Waals surface area contributed by atoms with Crippen LogP contribution in [0.2, 0.25) is 0 Å². The number of cyclic esters (lactones) is 1. The Kier molecular flexibility index (Phi) is 4.47. The zero-order valence-corrected chi connectivity index (χ0v) is 13.7. The van der Waals surface area contributed by atoms with Crippen molar-refractivity contribution in [3.8, 4) is 5.75 Å². The van der Waals surface area contributed by atoms with Crippen LogP contribution in [0.15, 0.2) is 65.7 Å². The Balaban J connectivity index is 1.85. The van der Waals surface area contributed by atoms with Crippen LogP contribution in [-0.2, 0) is 15.1 Å². The molecule has 0 amide bonds. The molecule has 1 atom stereocenters. The smallest absolute Gasteiger partial charge is 0.345 e. The van der Waals surface area contributed by atoms with Gasteiger partial charge in [0, 0.05) is 13.3 Å². The molecule has 0 saturated carbocycles. The molecule has 0 aromatic heterocycles. The summed E-state index contributed by atoms with van der Waals surface area (Å²) in [6.45, 7) is 1.70. The first-order valence-corrected chi connectivity index (χ1v) is 7.79. The number of rotatable bonds is 5. The lowest BCUT2D eigenvalue weighted by molar-refractivity contribution is -0.139. The standard InChI is InChI=1S/C20H19NO3/c1-15-21-20(19(22)24-15,17-8-4-3-5-9-17)14-6-7-16-10-12-18(23-2)13-11-16/h3-13H,14H2,1-2H3/b7-6+/t20-/m1/s1. The Labute approximate surface area is 141 Å². The molecular weight excluding hydrogens is 302 g/mol. The predicted octanol–water partition coefficient (Wildman–Crippen LogP) is 3.97. The molecule has 24 heavy (non-hydrogen) atoms. The number of benzene rings is 2. The lowest BCUT2D eigenvalue weighted by Crippen LogP contribution is -2.30. The first kappa shape index (κ1) is 16.0. The third kappa shape index (κ3) is 3.08. The van der Waals surface area contributed by atoms with Crippen LogP contribution in [-0.4, -0.2) is 19.0 Å². The summed E-state index contributed by atoms with van der Waals surface area (Å²) in [5.41, 5.74) is 0.881. The summed E-state index contributed by atoms with van der Waals surface area (Å²) < 4.78 is 10.4. The van der Waals surface area contributed by atoms with Crippen molar-refractivity contribution in [1.29, 1.82) is 0 Å². The largest absolute Gasteiger partial charge is 0.497 e. The van der Waals surface area contributed by atoms with Gasteiger partial charge in [-0.05, 0) is 23.3 Å². The minimum absolute atomic E-state index is 0.328. The molecule has 1 heterocycles. The quantitative estimate of drug-likeness (QED) is 0.783. The van der Waals surface area contributed by atoms with Gasteiger partial charge in [-0.25, -0.2) is 9.79 Å². The second-order valence-electron chi connectivity index (χ2n) is 5.63. The SMILES string of the molecule is COc1ccc(/C=C/C[C@]2(c3ccccc3)N=C(C)OC2=O)cc1. The highest BCUT2D eigenvalue weighted by Crippen LogP contribution is 2.36. The van der Waals surface area contributed by atoms with Crippen molar-refractivity contribution in [3.05, 3.63) is 71.8 Å². The lowest BCUT2D eigenvalue weighted by atomic mass is 9.87. The minimum atomic E-state index is -0.992. The highest BCUT2D eigenvalue weighted by atomic mass is 16.6. The van der Waals surface area contributed by atoms with Gasteiger partial charge in [0.1, 0.15) is 5.75 Å². The second kappa shape index (κ2) is 6.71. The number of hydrogen-bond acceptors (Lipinski definition) is 4. The zero-order chi connectivity index (χ0) is 17.0. The van der Waals surface area contributed by atoms with Crippen LogP contribution in [0, 0.1) is 0 Å². The second-order valence-corrected chi connectivity index (χ2v) is 5.63. The fraction of sp³-hybridized carbons (Fsp3) is 0.200. The summed E-state index contributed by atoms with van der Waals surface area (Å²) in [6.07, 6.45) is 4.37. The van der Waals surface area contributed by atoms with Gasteiger partial charge in [-0.15, -0.1) is 0 Å². The molecule has 0 aliphatic carbocycles. The number of aliphatic imine (C=N–C) groups is 1. The summed E-state index contributed by atoms with van der Waals surface area (Å²) in [6, 6.07) is 17.3. The molecule has 4 heteroatoms. The number of carbonyl (C=O) groups is 1. The summed E-state index contributed by atoms with van der Waals surface area (Å²) in [4.78, 5) is 16.9.